The van der Waals surface area contributed by atoms with E-state index in [0.29, 0.717) is 0 Å². The highest BCUT2D eigenvalue weighted by atomic mass is 79.9. The number of aromatic nitrogens is 1. The second-order valence-electron chi connectivity index (χ2n) is 5.66. The first kappa shape index (κ1) is 14.8. The van der Waals surface area contributed by atoms with Crippen molar-refractivity contribution in [1.82, 2.24) is 10.3 Å². The SMILES string of the molecule is O=C(NC1CCOCC1)C1CCN(c2ccc(Br)cn2)C1. The van der Waals surface area contributed by atoms with Crippen molar-refractivity contribution >= 4 is 27.7 Å². The molecule has 0 spiro atoms. The summed E-state index contributed by atoms with van der Waals surface area (Å²) in [6.07, 6.45) is 4.55. The van der Waals surface area contributed by atoms with E-state index in [0.717, 1.165) is 55.9 Å². The van der Waals surface area contributed by atoms with Crippen molar-refractivity contribution in [3.8, 4) is 0 Å². The second kappa shape index (κ2) is 6.75. The molecule has 0 bridgehead atoms. The molecule has 1 aromatic rings. The third-order valence-electron chi connectivity index (χ3n) is 4.16. The maximum Gasteiger partial charge on any atom is 0.225 e. The first-order chi connectivity index (χ1) is 10.2. The zero-order chi connectivity index (χ0) is 14.7. The minimum Gasteiger partial charge on any atom is -0.381 e. The predicted octanol–water partition coefficient (Wildman–Crippen LogP) is 1.97. The summed E-state index contributed by atoms with van der Waals surface area (Å²) in [5.74, 6) is 1.19. The minimum atomic E-state index is 0.0679. The summed E-state index contributed by atoms with van der Waals surface area (Å²) in [6, 6.07) is 4.26. The summed E-state index contributed by atoms with van der Waals surface area (Å²) >= 11 is 3.39. The standard InChI is InChI=1S/C15H20BrN3O2/c16-12-1-2-14(17-9-12)19-6-3-11(10-19)15(20)18-13-4-7-21-8-5-13/h1-2,9,11,13H,3-8,10H2,(H,18,20). The van der Waals surface area contributed by atoms with Gasteiger partial charge in [-0.25, -0.2) is 4.98 Å². The van der Waals surface area contributed by atoms with Crippen LogP contribution in [0.25, 0.3) is 0 Å². The largest absolute Gasteiger partial charge is 0.381 e. The molecule has 1 aromatic heterocycles. The average molecular weight is 354 g/mol. The molecular formula is C15H20BrN3O2. The topological polar surface area (TPSA) is 54.5 Å². The molecule has 21 heavy (non-hydrogen) atoms. The Kier molecular flexibility index (Phi) is 4.75. The van der Waals surface area contributed by atoms with Crippen molar-refractivity contribution in [2.75, 3.05) is 31.2 Å². The lowest BCUT2D eigenvalue weighted by Gasteiger charge is -2.24. The van der Waals surface area contributed by atoms with Gasteiger partial charge in [-0.05, 0) is 47.3 Å². The number of nitrogens with zero attached hydrogens (tertiary/aromatic N) is 2. The van der Waals surface area contributed by atoms with Crippen LogP contribution in [0, 0.1) is 5.92 Å². The molecule has 2 aliphatic heterocycles. The van der Waals surface area contributed by atoms with Crippen LogP contribution in [0.2, 0.25) is 0 Å². The first-order valence-corrected chi connectivity index (χ1v) is 8.26. The molecule has 6 heteroatoms. The van der Waals surface area contributed by atoms with Gasteiger partial charge in [-0.2, -0.15) is 0 Å². The van der Waals surface area contributed by atoms with E-state index in [9.17, 15) is 4.79 Å². The zero-order valence-electron chi connectivity index (χ0n) is 11.9. The number of pyridine rings is 1. The number of amides is 1. The third kappa shape index (κ3) is 3.74. The number of carbonyl (C=O) groups is 1. The summed E-state index contributed by atoms with van der Waals surface area (Å²) in [5.41, 5.74) is 0. The molecule has 0 aliphatic carbocycles. The Balaban J connectivity index is 1.53. The van der Waals surface area contributed by atoms with E-state index in [4.69, 9.17) is 4.74 Å². The van der Waals surface area contributed by atoms with Gasteiger partial charge in [0.15, 0.2) is 0 Å². The van der Waals surface area contributed by atoms with Crippen LogP contribution in [0.3, 0.4) is 0 Å². The van der Waals surface area contributed by atoms with Crippen molar-refractivity contribution < 1.29 is 9.53 Å². The van der Waals surface area contributed by atoms with E-state index >= 15 is 0 Å². The molecule has 1 N–H and O–H groups in total. The van der Waals surface area contributed by atoms with E-state index in [-0.39, 0.29) is 17.9 Å². The Morgan fingerprint density at radius 1 is 1.33 bits per heavy atom. The highest BCUT2D eigenvalue weighted by molar-refractivity contribution is 9.10. The predicted molar refractivity (Wildman–Crippen MR) is 84.2 cm³/mol. The Bertz CT molecular complexity index is 488. The molecule has 1 unspecified atom stereocenters. The van der Waals surface area contributed by atoms with E-state index in [1.165, 1.54) is 0 Å². The van der Waals surface area contributed by atoms with Crippen LogP contribution in [0.4, 0.5) is 5.82 Å². The van der Waals surface area contributed by atoms with Crippen LogP contribution in [-0.4, -0.2) is 43.2 Å². The fourth-order valence-corrected chi connectivity index (χ4v) is 3.13. The summed E-state index contributed by atoms with van der Waals surface area (Å²) in [7, 11) is 0. The molecule has 3 heterocycles. The third-order valence-corrected chi connectivity index (χ3v) is 4.63. The number of carbonyl (C=O) groups excluding carboxylic acids is 1. The first-order valence-electron chi connectivity index (χ1n) is 7.47. The number of anilines is 1. The zero-order valence-corrected chi connectivity index (χ0v) is 13.5. The molecule has 114 valence electrons. The number of hydrogen-bond acceptors (Lipinski definition) is 4. The van der Waals surface area contributed by atoms with Gasteiger partial charge in [-0.1, -0.05) is 0 Å². The Labute approximate surface area is 133 Å². The number of halogens is 1. The van der Waals surface area contributed by atoms with Gasteiger partial charge in [0.1, 0.15) is 5.82 Å². The van der Waals surface area contributed by atoms with Crippen molar-refractivity contribution in [2.45, 2.75) is 25.3 Å². The van der Waals surface area contributed by atoms with Gasteiger partial charge in [-0.3, -0.25) is 4.79 Å². The highest BCUT2D eigenvalue weighted by Crippen LogP contribution is 2.23. The van der Waals surface area contributed by atoms with Gasteiger partial charge >= 0.3 is 0 Å². The molecule has 1 atom stereocenters. The average Bonchev–Trinajstić information content (AvgIpc) is 2.99. The Morgan fingerprint density at radius 2 is 2.14 bits per heavy atom. The highest BCUT2D eigenvalue weighted by Gasteiger charge is 2.30. The summed E-state index contributed by atoms with van der Waals surface area (Å²) in [4.78, 5) is 18.9. The van der Waals surface area contributed by atoms with Crippen molar-refractivity contribution in [3.05, 3.63) is 22.8 Å². The van der Waals surface area contributed by atoms with Gasteiger partial charge in [0.2, 0.25) is 5.91 Å². The number of nitrogens with one attached hydrogen (secondary N) is 1. The van der Waals surface area contributed by atoms with Gasteiger partial charge in [0.25, 0.3) is 0 Å². The van der Waals surface area contributed by atoms with Gasteiger partial charge in [0, 0.05) is 43.0 Å². The Morgan fingerprint density at radius 3 is 2.86 bits per heavy atom. The van der Waals surface area contributed by atoms with Crippen molar-refractivity contribution in [3.63, 3.8) is 0 Å². The van der Waals surface area contributed by atoms with Crippen LogP contribution in [0.15, 0.2) is 22.8 Å². The maximum absolute atomic E-state index is 12.3. The maximum atomic E-state index is 12.3. The second-order valence-corrected chi connectivity index (χ2v) is 6.58. The monoisotopic (exact) mass is 353 g/mol. The lowest BCUT2D eigenvalue weighted by atomic mass is 10.1. The van der Waals surface area contributed by atoms with E-state index in [2.05, 4.69) is 31.1 Å². The van der Waals surface area contributed by atoms with E-state index in [1.807, 2.05) is 12.1 Å². The van der Waals surface area contributed by atoms with E-state index in [1.54, 1.807) is 6.20 Å². The molecule has 0 aromatic carbocycles. The van der Waals surface area contributed by atoms with Crippen LogP contribution < -0.4 is 10.2 Å². The van der Waals surface area contributed by atoms with Crippen LogP contribution in [0.1, 0.15) is 19.3 Å². The normalized spacial score (nSPS) is 23.3. The molecule has 1 amide bonds. The molecule has 3 rings (SSSR count). The lowest BCUT2D eigenvalue weighted by molar-refractivity contribution is -0.125. The van der Waals surface area contributed by atoms with Gasteiger partial charge < -0.3 is 15.0 Å². The molecular weight excluding hydrogens is 334 g/mol. The fourth-order valence-electron chi connectivity index (χ4n) is 2.90. The molecule has 0 saturated carbocycles. The van der Waals surface area contributed by atoms with Crippen molar-refractivity contribution in [2.24, 2.45) is 5.92 Å². The molecule has 2 aliphatic rings. The van der Waals surface area contributed by atoms with Crippen LogP contribution in [-0.2, 0) is 9.53 Å². The van der Waals surface area contributed by atoms with E-state index < -0.39 is 0 Å². The van der Waals surface area contributed by atoms with Crippen molar-refractivity contribution in [1.29, 1.82) is 0 Å². The van der Waals surface area contributed by atoms with Gasteiger partial charge in [-0.15, -0.1) is 0 Å². The minimum absolute atomic E-state index is 0.0679. The fraction of sp³-hybridized carbons (Fsp3) is 0.600. The van der Waals surface area contributed by atoms with Crippen LogP contribution >= 0.6 is 15.9 Å². The molecule has 2 fully saturated rings. The summed E-state index contributed by atoms with van der Waals surface area (Å²) in [6.45, 7) is 3.15. The lowest BCUT2D eigenvalue weighted by Crippen LogP contribution is -2.42. The summed E-state index contributed by atoms with van der Waals surface area (Å²) < 4.78 is 6.29. The summed E-state index contributed by atoms with van der Waals surface area (Å²) in [5, 5.41) is 3.17. The van der Waals surface area contributed by atoms with Crippen LogP contribution in [0.5, 0.6) is 0 Å². The van der Waals surface area contributed by atoms with Gasteiger partial charge in [0.05, 0.1) is 5.92 Å². The molecule has 0 radical (unpaired) electrons. The number of hydrogen-bond donors (Lipinski definition) is 1. The smallest absolute Gasteiger partial charge is 0.225 e. The number of rotatable bonds is 3. The quantitative estimate of drug-likeness (QED) is 0.902. The molecule has 5 nitrogen and oxygen atoms in total. The Hall–Kier alpha value is -1.14. The molecule has 2 saturated heterocycles. The number of ether oxygens (including phenoxy) is 1.